The Labute approximate surface area is 189 Å². The number of hydrogen-bond acceptors (Lipinski definition) is 6. The molecule has 0 saturated heterocycles. The second-order valence-electron chi connectivity index (χ2n) is 7.75. The van der Waals surface area contributed by atoms with Gasteiger partial charge in [0.25, 0.3) is 5.91 Å². The van der Waals surface area contributed by atoms with Crippen molar-refractivity contribution in [1.29, 1.82) is 0 Å². The number of phenols is 1. The van der Waals surface area contributed by atoms with E-state index in [1.807, 2.05) is 36.4 Å². The Hall–Kier alpha value is -3.95. The third-order valence-electron chi connectivity index (χ3n) is 5.40. The molecule has 7 N–H and O–H groups in total. The van der Waals surface area contributed by atoms with Gasteiger partial charge in [0.05, 0.1) is 5.92 Å². The van der Waals surface area contributed by atoms with E-state index in [1.165, 1.54) is 17.6 Å². The minimum absolute atomic E-state index is 0.0318. The number of fused-ring (bicyclic) bond motifs is 1. The molecule has 3 aromatic rings. The average Bonchev–Trinajstić information content (AvgIpc) is 2.82. The number of carbonyl (C=O) groups excluding carboxylic acids is 3. The molecule has 172 valence electrons. The molecule has 3 atom stereocenters. The van der Waals surface area contributed by atoms with E-state index in [-0.39, 0.29) is 18.6 Å². The number of aliphatic hydroxyl groups is 1. The monoisotopic (exact) mass is 451 g/mol. The predicted molar refractivity (Wildman–Crippen MR) is 120 cm³/mol. The Bertz CT molecular complexity index is 1150. The molecule has 0 saturated carbocycles. The summed E-state index contributed by atoms with van der Waals surface area (Å²) in [7, 11) is 0. The Balaban J connectivity index is 1.83. The van der Waals surface area contributed by atoms with Crippen LogP contribution in [0.5, 0.6) is 5.75 Å². The van der Waals surface area contributed by atoms with Crippen LogP contribution in [-0.2, 0) is 27.2 Å². The number of primary amides is 1. The molecule has 33 heavy (non-hydrogen) atoms. The Morgan fingerprint density at radius 1 is 0.848 bits per heavy atom. The topological polar surface area (TPSA) is 162 Å². The van der Waals surface area contributed by atoms with Gasteiger partial charge in [-0.3, -0.25) is 19.6 Å². The molecule has 0 bridgehead atoms. The van der Waals surface area contributed by atoms with Gasteiger partial charge in [-0.25, -0.2) is 5.48 Å². The average molecular weight is 451 g/mol. The van der Waals surface area contributed by atoms with Gasteiger partial charge < -0.3 is 21.3 Å². The van der Waals surface area contributed by atoms with E-state index in [1.54, 1.807) is 18.2 Å². The maximum atomic E-state index is 13.1. The fourth-order valence-corrected chi connectivity index (χ4v) is 3.59. The molecule has 0 fully saturated rings. The fourth-order valence-electron chi connectivity index (χ4n) is 3.59. The highest BCUT2D eigenvalue weighted by molar-refractivity contribution is 5.92. The summed E-state index contributed by atoms with van der Waals surface area (Å²) >= 11 is 0. The van der Waals surface area contributed by atoms with Crippen molar-refractivity contribution in [2.24, 2.45) is 11.7 Å². The number of amides is 3. The number of hydroxylamine groups is 1. The first-order valence-corrected chi connectivity index (χ1v) is 10.3. The summed E-state index contributed by atoms with van der Waals surface area (Å²) in [4.78, 5) is 36.9. The van der Waals surface area contributed by atoms with E-state index in [9.17, 15) is 24.6 Å². The van der Waals surface area contributed by atoms with Gasteiger partial charge in [-0.2, -0.15) is 0 Å². The molecule has 0 radical (unpaired) electrons. The Kier molecular flexibility index (Phi) is 7.60. The van der Waals surface area contributed by atoms with Gasteiger partial charge in [0.1, 0.15) is 17.9 Å². The molecule has 3 rings (SSSR count). The lowest BCUT2D eigenvalue weighted by molar-refractivity contribution is -0.146. The van der Waals surface area contributed by atoms with Crippen molar-refractivity contribution in [1.82, 2.24) is 10.8 Å². The summed E-state index contributed by atoms with van der Waals surface area (Å²) in [5.74, 6) is -3.99. The first kappa shape index (κ1) is 23.7. The van der Waals surface area contributed by atoms with Crippen LogP contribution in [0.2, 0.25) is 0 Å². The molecule has 3 aromatic carbocycles. The summed E-state index contributed by atoms with van der Waals surface area (Å²) in [6, 6.07) is 18.0. The van der Waals surface area contributed by atoms with E-state index in [0.717, 1.165) is 10.8 Å². The number of nitrogens with one attached hydrogen (secondary N) is 2. The highest BCUT2D eigenvalue weighted by Gasteiger charge is 2.34. The third kappa shape index (κ3) is 6.06. The van der Waals surface area contributed by atoms with Gasteiger partial charge in [-0.1, -0.05) is 54.6 Å². The standard InChI is InChI=1S/C24H25N3O6/c25-22(30)20(13-14-6-9-18(28)10-7-14)26-23(31)19(21(29)24(32)27-33)12-15-5-8-16-3-1-2-4-17(16)11-15/h1-11,19-21,28-29,33H,12-13H2,(H2,25,30)(H,26,31)(H,27,32)/t19?,20-,21?/m0/s1. The van der Waals surface area contributed by atoms with Crippen LogP contribution < -0.4 is 16.5 Å². The molecule has 9 heteroatoms. The molecular formula is C24H25N3O6. The van der Waals surface area contributed by atoms with Crippen molar-refractivity contribution < 1.29 is 29.8 Å². The van der Waals surface area contributed by atoms with Crippen molar-refractivity contribution in [2.45, 2.75) is 25.0 Å². The first-order valence-electron chi connectivity index (χ1n) is 10.3. The van der Waals surface area contributed by atoms with E-state index in [2.05, 4.69) is 5.32 Å². The van der Waals surface area contributed by atoms with Gasteiger partial charge in [0.2, 0.25) is 11.8 Å². The van der Waals surface area contributed by atoms with Gasteiger partial charge in [-0.05, 0) is 40.5 Å². The predicted octanol–water partition coefficient (Wildman–Crippen LogP) is 0.783. The number of carbonyl (C=O) groups is 3. The van der Waals surface area contributed by atoms with Crippen LogP contribution in [0.3, 0.4) is 0 Å². The molecule has 0 aliphatic heterocycles. The van der Waals surface area contributed by atoms with Gasteiger partial charge in [-0.15, -0.1) is 0 Å². The number of aliphatic hydroxyl groups excluding tert-OH is 1. The number of benzene rings is 3. The van der Waals surface area contributed by atoms with Gasteiger partial charge in [0.15, 0.2) is 0 Å². The molecule has 0 aliphatic carbocycles. The zero-order valence-corrected chi connectivity index (χ0v) is 17.6. The van der Waals surface area contributed by atoms with Gasteiger partial charge in [0, 0.05) is 6.42 Å². The minimum Gasteiger partial charge on any atom is -0.508 e. The normalized spacial score (nSPS) is 13.6. The second kappa shape index (κ2) is 10.6. The fraction of sp³-hybridized carbons (Fsp3) is 0.208. The van der Waals surface area contributed by atoms with Crippen molar-refractivity contribution in [3.63, 3.8) is 0 Å². The molecular weight excluding hydrogens is 426 g/mol. The first-order chi connectivity index (χ1) is 15.8. The number of aromatic hydroxyl groups is 1. The molecule has 0 spiro atoms. The zero-order chi connectivity index (χ0) is 24.0. The Morgan fingerprint density at radius 3 is 2.12 bits per heavy atom. The lowest BCUT2D eigenvalue weighted by Gasteiger charge is -2.24. The summed E-state index contributed by atoms with van der Waals surface area (Å²) in [5.41, 5.74) is 8.12. The van der Waals surface area contributed by atoms with Crippen LogP contribution >= 0.6 is 0 Å². The zero-order valence-electron chi connectivity index (χ0n) is 17.6. The maximum absolute atomic E-state index is 13.1. The highest BCUT2D eigenvalue weighted by Crippen LogP contribution is 2.20. The third-order valence-corrected chi connectivity index (χ3v) is 5.40. The summed E-state index contributed by atoms with van der Waals surface area (Å²) < 4.78 is 0. The maximum Gasteiger partial charge on any atom is 0.272 e. The largest absolute Gasteiger partial charge is 0.508 e. The molecule has 0 heterocycles. The number of nitrogens with two attached hydrogens (primary N) is 1. The van der Waals surface area contributed by atoms with Crippen LogP contribution in [-0.4, -0.2) is 45.3 Å². The molecule has 0 aliphatic rings. The number of rotatable bonds is 9. The highest BCUT2D eigenvalue weighted by atomic mass is 16.5. The summed E-state index contributed by atoms with van der Waals surface area (Å²) in [5, 5.41) is 33.2. The van der Waals surface area contributed by atoms with Crippen LogP contribution in [0.4, 0.5) is 0 Å². The summed E-state index contributed by atoms with van der Waals surface area (Å²) in [6.45, 7) is 0. The van der Waals surface area contributed by atoms with Gasteiger partial charge >= 0.3 is 0 Å². The van der Waals surface area contributed by atoms with Crippen molar-refractivity contribution in [3.8, 4) is 5.75 Å². The smallest absolute Gasteiger partial charge is 0.272 e. The molecule has 9 nitrogen and oxygen atoms in total. The van der Waals surface area contributed by atoms with Crippen molar-refractivity contribution in [3.05, 3.63) is 77.9 Å². The van der Waals surface area contributed by atoms with Crippen LogP contribution in [0, 0.1) is 5.92 Å². The Morgan fingerprint density at radius 2 is 1.48 bits per heavy atom. The van der Waals surface area contributed by atoms with Crippen LogP contribution in [0.15, 0.2) is 66.7 Å². The lowest BCUT2D eigenvalue weighted by atomic mass is 9.91. The molecule has 2 unspecified atom stereocenters. The number of hydrogen-bond donors (Lipinski definition) is 6. The lowest BCUT2D eigenvalue weighted by Crippen LogP contribution is -2.52. The van der Waals surface area contributed by atoms with Crippen molar-refractivity contribution in [2.75, 3.05) is 0 Å². The second-order valence-corrected chi connectivity index (χ2v) is 7.75. The van der Waals surface area contributed by atoms with Crippen molar-refractivity contribution >= 4 is 28.5 Å². The van der Waals surface area contributed by atoms with Crippen LogP contribution in [0.25, 0.3) is 10.8 Å². The molecule has 3 amide bonds. The quantitative estimate of drug-likeness (QED) is 0.208. The number of phenolic OH excluding ortho intramolecular Hbond substituents is 1. The van der Waals surface area contributed by atoms with Crippen LogP contribution in [0.1, 0.15) is 11.1 Å². The van der Waals surface area contributed by atoms with E-state index < -0.39 is 35.8 Å². The van der Waals surface area contributed by atoms with E-state index >= 15 is 0 Å². The van der Waals surface area contributed by atoms with E-state index in [0.29, 0.717) is 11.1 Å². The minimum atomic E-state index is -1.87. The summed E-state index contributed by atoms with van der Waals surface area (Å²) in [6.07, 6.45) is -1.86. The molecule has 0 aromatic heterocycles. The van der Waals surface area contributed by atoms with E-state index in [4.69, 9.17) is 10.9 Å². The SMILES string of the molecule is NC(=O)[C@H](Cc1ccc(O)cc1)NC(=O)C(Cc1ccc2ccccc2c1)C(O)C(=O)NO.